The molecule has 0 aliphatic heterocycles. The second-order valence-electron chi connectivity index (χ2n) is 4.33. The molecule has 0 aromatic rings. The molecule has 0 radical (unpaired) electrons. The molecule has 13 heavy (non-hydrogen) atoms. The summed E-state index contributed by atoms with van der Waals surface area (Å²) < 4.78 is 0. The fourth-order valence-corrected chi connectivity index (χ4v) is 1.92. The van der Waals surface area contributed by atoms with E-state index in [2.05, 4.69) is 5.32 Å². The summed E-state index contributed by atoms with van der Waals surface area (Å²) in [5.41, 5.74) is -0.468. The highest BCUT2D eigenvalue weighted by Gasteiger charge is 2.40. The third-order valence-electron chi connectivity index (χ3n) is 2.86. The Bertz CT molecular complexity index is 183. The minimum Gasteiger partial charge on any atom is -0.481 e. The van der Waals surface area contributed by atoms with Gasteiger partial charge in [-0.15, -0.1) is 0 Å². The van der Waals surface area contributed by atoms with Gasteiger partial charge in [-0.05, 0) is 12.8 Å². The van der Waals surface area contributed by atoms with Crippen LogP contribution in [0.3, 0.4) is 0 Å². The second-order valence-corrected chi connectivity index (χ2v) is 4.33. The minimum absolute atomic E-state index is 0.372. The summed E-state index contributed by atoms with van der Waals surface area (Å²) in [5.74, 6) is -0.627. The van der Waals surface area contributed by atoms with E-state index in [0.717, 1.165) is 25.7 Å². The van der Waals surface area contributed by atoms with Crippen LogP contribution in [-0.2, 0) is 4.79 Å². The lowest BCUT2D eigenvalue weighted by Crippen LogP contribution is -2.41. The summed E-state index contributed by atoms with van der Waals surface area (Å²) in [5, 5.41) is 12.4. The molecule has 0 amide bonds. The maximum absolute atomic E-state index is 11.1. The van der Waals surface area contributed by atoms with Gasteiger partial charge in [0.1, 0.15) is 0 Å². The van der Waals surface area contributed by atoms with Crippen LogP contribution in [0.15, 0.2) is 0 Å². The molecule has 2 N–H and O–H groups in total. The van der Waals surface area contributed by atoms with Gasteiger partial charge in [0.2, 0.25) is 0 Å². The number of carboxylic acids is 1. The first-order chi connectivity index (χ1) is 6.07. The number of hydrogen-bond donors (Lipinski definition) is 2. The molecular formula is C10H19NO2. The highest BCUT2D eigenvalue weighted by molar-refractivity contribution is 5.75. The van der Waals surface area contributed by atoms with E-state index < -0.39 is 11.4 Å². The second kappa shape index (κ2) is 4.09. The Hall–Kier alpha value is -0.570. The maximum atomic E-state index is 11.1. The smallest absolute Gasteiger partial charge is 0.310 e. The van der Waals surface area contributed by atoms with Gasteiger partial charge in [-0.1, -0.05) is 26.7 Å². The number of rotatable bonds is 4. The molecule has 0 heterocycles. The van der Waals surface area contributed by atoms with E-state index in [1.54, 1.807) is 0 Å². The lowest BCUT2D eigenvalue weighted by Gasteiger charge is -2.25. The van der Waals surface area contributed by atoms with E-state index in [-0.39, 0.29) is 0 Å². The summed E-state index contributed by atoms with van der Waals surface area (Å²) in [6, 6.07) is 0.372. The van der Waals surface area contributed by atoms with Crippen LogP contribution < -0.4 is 5.32 Å². The Morgan fingerprint density at radius 3 is 2.38 bits per heavy atom. The van der Waals surface area contributed by atoms with E-state index in [0.29, 0.717) is 12.6 Å². The van der Waals surface area contributed by atoms with E-state index >= 15 is 0 Å². The largest absolute Gasteiger partial charge is 0.481 e. The van der Waals surface area contributed by atoms with Gasteiger partial charge < -0.3 is 10.4 Å². The minimum atomic E-state index is -0.627. The third-order valence-corrected chi connectivity index (χ3v) is 2.86. The molecule has 1 fully saturated rings. The summed E-state index contributed by atoms with van der Waals surface area (Å²) in [6.07, 6.45) is 3.79. The highest BCUT2D eigenvalue weighted by atomic mass is 16.4. The van der Waals surface area contributed by atoms with Crippen LogP contribution in [0.4, 0.5) is 0 Å². The van der Waals surface area contributed by atoms with E-state index in [9.17, 15) is 4.79 Å². The molecule has 1 aliphatic carbocycles. The van der Waals surface area contributed by atoms with Gasteiger partial charge in [0.05, 0.1) is 5.41 Å². The van der Waals surface area contributed by atoms with Crippen LogP contribution in [0.2, 0.25) is 0 Å². The van der Waals surface area contributed by atoms with Gasteiger partial charge in [-0.3, -0.25) is 4.79 Å². The summed E-state index contributed by atoms with van der Waals surface area (Å²) in [4.78, 5) is 11.1. The van der Waals surface area contributed by atoms with Crippen molar-refractivity contribution in [2.45, 2.75) is 45.6 Å². The first-order valence-corrected chi connectivity index (χ1v) is 5.04. The zero-order valence-electron chi connectivity index (χ0n) is 8.47. The normalized spacial score (nSPS) is 20.8. The van der Waals surface area contributed by atoms with Gasteiger partial charge in [-0.25, -0.2) is 0 Å². The number of aliphatic carboxylic acids is 1. The van der Waals surface area contributed by atoms with Crippen LogP contribution in [-0.4, -0.2) is 23.7 Å². The van der Waals surface area contributed by atoms with Crippen molar-refractivity contribution in [3.63, 3.8) is 0 Å². The van der Waals surface area contributed by atoms with Crippen molar-refractivity contribution in [1.82, 2.24) is 5.32 Å². The van der Waals surface area contributed by atoms with Crippen molar-refractivity contribution in [2.75, 3.05) is 6.54 Å². The Morgan fingerprint density at radius 2 is 2.00 bits per heavy atom. The zero-order valence-corrected chi connectivity index (χ0v) is 8.47. The molecule has 0 unspecified atom stereocenters. The molecule has 76 valence electrons. The van der Waals surface area contributed by atoms with Crippen molar-refractivity contribution in [3.05, 3.63) is 0 Å². The lowest BCUT2D eigenvalue weighted by atomic mass is 9.86. The molecular weight excluding hydrogens is 166 g/mol. The Kier molecular flexibility index (Phi) is 3.31. The van der Waals surface area contributed by atoms with Crippen molar-refractivity contribution < 1.29 is 9.90 Å². The van der Waals surface area contributed by atoms with Crippen molar-refractivity contribution in [3.8, 4) is 0 Å². The lowest BCUT2D eigenvalue weighted by molar-refractivity contribution is -0.148. The summed E-state index contributed by atoms with van der Waals surface area (Å²) >= 11 is 0. The first kappa shape index (κ1) is 10.5. The number of hydrogen-bond acceptors (Lipinski definition) is 2. The quantitative estimate of drug-likeness (QED) is 0.700. The SMILES string of the molecule is CC(C)NCC1(C(=O)O)CCCC1. The van der Waals surface area contributed by atoms with Crippen LogP contribution in [0.25, 0.3) is 0 Å². The predicted octanol–water partition coefficient (Wildman–Crippen LogP) is 1.63. The highest BCUT2D eigenvalue weighted by Crippen LogP contribution is 2.37. The molecule has 3 heteroatoms. The van der Waals surface area contributed by atoms with Crippen LogP contribution in [0.1, 0.15) is 39.5 Å². The fourth-order valence-electron chi connectivity index (χ4n) is 1.92. The maximum Gasteiger partial charge on any atom is 0.310 e. The van der Waals surface area contributed by atoms with Crippen LogP contribution >= 0.6 is 0 Å². The van der Waals surface area contributed by atoms with Crippen LogP contribution in [0, 0.1) is 5.41 Å². The first-order valence-electron chi connectivity index (χ1n) is 5.04. The zero-order chi connectivity index (χ0) is 9.90. The summed E-state index contributed by atoms with van der Waals surface area (Å²) in [6.45, 7) is 4.72. The van der Waals surface area contributed by atoms with Crippen LogP contribution in [0.5, 0.6) is 0 Å². The number of carbonyl (C=O) groups is 1. The van der Waals surface area contributed by atoms with E-state index in [1.807, 2.05) is 13.8 Å². The molecule has 0 aromatic carbocycles. The van der Waals surface area contributed by atoms with Gasteiger partial charge in [0, 0.05) is 12.6 Å². The van der Waals surface area contributed by atoms with Crippen molar-refractivity contribution >= 4 is 5.97 Å². The van der Waals surface area contributed by atoms with Crippen molar-refractivity contribution in [2.24, 2.45) is 5.41 Å². The molecule has 0 aromatic heterocycles. The van der Waals surface area contributed by atoms with E-state index in [4.69, 9.17) is 5.11 Å². The monoisotopic (exact) mass is 185 g/mol. The van der Waals surface area contributed by atoms with Gasteiger partial charge in [-0.2, -0.15) is 0 Å². The molecule has 3 nitrogen and oxygen atoms in total. The average molecular weight is 185 g/mol. The molecule has 1 saturated carbocycles. The van der Waals surface area contributed by atoms with Gasteiger partial charge in [0.25, 0.3) is 0 Å². The molecule has 0 saturated heterocycles. The van der Waals surface area contributed by atoms with Gasteiger partial charge >= 0.3 is 5.97 Å². The number of carboxylic acid groups (broad SMARTS) is 1. The Morgan fingerprint density at radius 1 is 1.46 bits per heavy atom. The topological polar surface area (TPSA) is 49.3 Å². The third kappa shape index (κ3) is 2.44. The Labute approximate surface area is 79.5 Å². The molecule has 1 rings (SSSR count). The average Bonchev–Trinajstić information content (AvgIpc) is 2.50. The molecule has 0 spiro atoms. The predicted molar refractivity (Wildman–Crippen MR) is 51.7 cm³/mol. The number of nitrogens with one attached hydrogen (secondary N) is 1. The molecule has 1 aliphatic rings. The molecule has 0 bridgehead atoms. The fraction of sp³-hybridized carbons (Fsp3) is 0.900. The molecule has 0 atom stereocenters. The standard InChI is InChI=1S/C10H19NO2/c1-8(2)11-7-10(9(12)13)5-3-4-6-10/h8,11H,3-7H2,1-2H3,(H,12,13). The van der Waals surface area contributed by atoms with Crippen molar-refractivity contribution in [1.29, 1.82) is 0 Å². The Balaban J connectivity index is 2.52. The summed E-state index contributed by atoms with van der Waals surface area (Å²) in [7, 11) is 0. The van der Waals surface area contributed by atoms with E-state index in [1.165, 1.54) is 0 Å². The van der Waals surface area contributed by atoms with Gasteiger partial charge in [0.15, 0.2) is 0 Å².